The second-order valence-electron chi connectivity index (χ2n) is 7.78. The van der Waals surface area contributed by atoms with E-state index in [1.165, 1.54) is 64.8 Å². The third kappa shape index (κ3) is 6.58. The number of rotatable bonds is 5. The van der Waals surface area contributed by atoms with Crippen LogP contribution in [-0.4, -0.2) is 48.6 Å². The molecule has 0 N–H and O–H groups in total. The first-order valence-electron chi connectivity index (χ1n) is 10.0. The largest absolute Gasteiger partial charge is 0.303 e. The van der Waals surface area contributed by atoms with Crippen molar-refractivity contribution in [2.24, 2.45) is 17.8 Å². The van der Waals surface area contributed by atoms with Gasteiger partial charge in [0, 0.05) is 6.04 Å². The zero-order valence-corrected chi connectivity index (χ0v) is 16.3. The van der Waals surface area contributed by atoms with E-state index in [9.17, 15) is 0 Å². The summed E-state index contributed by atoms with van der Waals surface area (Å²) in [7, 11) is 0. The molecule has 0 aromatic heterocycles. The molecule has 2 fully saturated rings. The third-order valence-electron chi connectivity index (χ3n) is 5.81. The summed E-state index contributed by atoms with van der Waals surface area (Å²) in [4.78, 5) is 5.37. The summed E-state index contributed by atoms with van der Waals surface area (Å²) in [5, 5.41) is 0. The van der Waals surface area contributed by atoms with Crippen LogP contribution in [0.5, 0.6) is 0 Å². The predicted molar refractivity (Wildman–Crippen MR) is 99.4 cm³/mol. The summed E-state index contributed by atoms with van der Waals surface area (Å²) in [5.74, 6) is 2.87. The van der Waals surface area contributed by atoms with Crippen LogP contribution in [0.2, 0.25) is 0 Å². The summed E-state index contributed by atoms with van der Waals surface area (Å²) < 4.78 is 0. The van der Waals surface area contributed by atoms with Crippen LogP contribution >= 0.6 is 0 Å². The molecule has 0 spiro atoms. The molecule has 0 radical (unpaired) electrons. The lowest BCUT2D eigenvalue weighted by atomic mass is 9.86. The molecule has 0 atom stereocenters. The van der Waals surface area contributed by atoms with Gasteiger partial charge in [-0.1, -0.05) is 27.7 Å². The van der Waals surface area contributed by atoms with Crippen LogP contribution in [-0.2, 0) is 0 Å². The van der Waals surface area contributed by atoms with E-state index in [1.54, 1.807) is 0 Å². The Hall–Kier alpha value is -0.0800. The predicted octanol–water partition coefficient (Wildman–Crippen LogP) is 4.89. The molecule has 2 saturated heterocycles. The smallest absolute Gasteiger partial charge is 0.00385 e. The molecule has 132 valence electrons. The number of nitrogens with zero attached hydrogens (tertiary/aromatic N) is 2. The maximum atomic E-state index is 2.73. The lowest BCUT2D eigenvalue weighted by Crippen LogP contribution is -2.40. The lowest BCUT2D eigenvalue weighted by Gasteiger charge is -2.37. The Bertz CT molecular complexity index is 231. The highest BCUT2D eigenvalue weighted by molar-refractivity contribution is 4.78. The van der Waals surface area contributed by atoms with E-state index in [-0.39, 0.29) is 0 Å². The topological polar surface area (TPSA) is 6.48 Å². The molecular formula is C20H42N2. The van der Waals surface area contributed by atoms with Gasteiger partial charge < -0.3 is 9.80 Å². The Labute approximate surface area is 140 Å². The van der Waals surface area contributed by atoms with Crippen LogP contribution in [0.15, 0.2) is 0 Å². The standard InChI is InChI=1S/C18H36N2.C2H6/c1-15(2)18-8-11-19(12-9-18)10-5-17-6-13-20(14-7-17)16(3)4;1-2/h15-18H,5-14H2,1-4H3;1-2H3. The molecule has 2 aliphatic heterocycles. The van der Waals surface area contributed by atoms with Crippen LogP contribution in [0, 0.1) is 17.8 Å². The van der Waals surface area contributed by atoms with Crippen molar-refractivity contribution in [3.63, 3.8) is 0 Å². The lowest BCUT2D eigenvalue weighted by molar-refractivity contribution is 0.120. The van der Waals surface area contributed by atoms with Gasteiger partial charge in [0.15, 0.2) is 0 Å². The van der Waals surface area contributed by atoms with E-state index in [1.807, 2.05) is 13.8 Å². The fraction of sp³-hybridized carbons (Fsp3) is 1.00. The highest BCUT2D eigenvalue weighted by atomic mass is 15.2. The number of hydrogen-bond acceptors (Lipinski definition) is 2. The SMILES string of the molecule is CC.CC(C)C1CCN(CCC2CCN(C(C)C)CC2)CC1. The van der Waals surface area contributed by atoms with E-state index < -0.39 is 0 Å². The first-order valence-corrected chi connectivity index (χ1v) is 10.0. The summed E-state index contributed by atoms with van der Waals surface area (Å²) in [6.07, 6.45) is 7.17. The highest BCUT2D eigenvalue weighted by Gasteiger charge is 2.24. The van der Waals surface area contributed by atoms with Gasteiger partial charge in [0.05, 0.1) is 0 Å². The van der Waals surface area contributed by atoms with Crippen molar-refractivity contribution in [2.45, 2.75) is 79.7 Å². The number of piperidine rings is 2. The van der Waals surface area contributed by atoms with Gasteiger partial charge in [-0.25, -0.2) is 0 Å². The molecular weight excluding hydrogens is 268 g/mol. The highest BCUT2D eigenvalue weighted by Crippen LogP contribution is 2.26. The van der Waals surface area contributed by atoms with Crippen molar-refractivity contribution in [1.29, 1.82) is 0 Å². The molecule has 2 nitrogen and oxygen atoms in total. The van der Waals surface area contributed by atoms with Gasteiger partial charge in [0.1, 0.15) is 0 Å². The van der Waals surface area contributed by atoms with Crippen LogP contribution in [0.1, 0.15) is 73.6 Å². The maximum absolute atomic E-state index is 2.73. The summed E-state index contributed by atoms with van der Waals surface area (Å²) in [6.45, 7) is 20.2. The first-order chi connectivity index (χ1) is 10.6. The van der Waals surface area contributed by atoms with E-state index in [2.05, 4.69) is 37.5 Å². The molecule has 0 aliphatic carbocycles. The Balaban J connectivity index is 0.00000116. The molecule has 0 aromatic rings. The summed E-state index contributed by atoms with van der Waals surface area (Å²) in [5.41, 5.74) is 0. The Morgan fingerprint density at radius 3 is 1.82 bits per heavy atom. The maximum Gasteiger partial charge on any atom is 0.00385 e. The van der Waals surface area contributed by atoms with Crippen molar-refractivity contribution in [2.75, 3.05) is 32.7 Å². The second kappa shape index (κ2) is 10.6. The molecule has 2 aliphatic rings. The van der Waals surface area contributed by atoms with Gasteiger partial charge >= 0.3 is 0 Å². The summed E-state index contributed by atoms with van der Waals surface area (Å²) in [6, 6.07) is 0.742. The monoisotopic (exact) mass is 310 g/mol. The molecule has 0 bridgehead atoms. The molecule has 0 aromatic carbocycles. The van der Waals surface area contributed by atoms with Gasteiger partial charge in [-0.2, -0.15) is 0 Å². The van der Waals surface area contributed by atoms with Gasteiger partial charge in [-0.3, -0.25) is 0 Å². The molecule has 2 rings (SSSR count). The minimum Gasteiger partial charge on any atom is -0.303 e. The van der Waals surface area contributed by atoms with Crippen LogP contribution in [0.25, 0.3) is 0 Å². The van der Waals surface area contributed by atoms with Crippen molar-refractivity contribution in [3.8, 4) is 0 Å². The first kappa shape index (κ1) is 20.0. The average molecular weight is 311 g/mol. The van der Waals surface area contributed by atoms with Crippen LogP contribution in [0.4, 0.5) is 0 Å². The van der Waals surface area contributed by atoms with E-state index in [0.717, 1.165) is 23.8 Å². The number of hydrogen-bond donors (Lipinski definition) is 0. The van der Waals surface area contributed by atoms with Crippen LogP contribution in [0.3, 0.4) is 0 Å². The molecule has 2 heteroatoms. The summed E-state index contributed by atoms with van der Waals surface area (Å²) >= 11 is 0. The zero-order valence-electron chi connectivity index (χ0n) is 16.3. The minimum atomic E-state index is 0.742. The Morgan fingerprint density at radius 2 is 1.36 bits per heavy atom. The molecule has 22 heavy (non-hydrogen) atoms. The van der Waals surface area contributed by atoms with Gasteiger partial charge in [0.25, 0.3) is 0 Å². The van der Waals surface area contributed by atoms with Gasteiger partial charge in [0.2, 0.25) is 0 Å². The van der Waals surface area contributed by atoms with E-state index >= 15 is 0 Å². The Morgan fingerprint density at radius 1 is 0.818 bits per heavy atom. The normalized spacial score (nSPS) is 22.9. The van der Waals surface area contributed by atoms with Crippen molar-refractivity contribution >= 4 is 0 Å². The van der Waals surface area contributed by atoms with E-state index in [0.29, 0.717) is 0 Å². The molecule has 2 heterocycles. The van der Waals surface area contributed by atoms with Gasteiger partial charge in [-0.05, 0) is 96.4 Å². The molecule has 0 saturated carbocycles. The average Bonchev–Trinajstić information content (AvgIpc) is 2.55. The molecule has 0 amide bonds. The Kier molecular flexibility index (Phi) is 9.66. The second-order valence-corrected chi connectivity index (χ2v) is 7.78. The third-order valence-corrected chi connectivity index (χ3v) is 5.81. The number of likely N-dealkylation sites (tertiary alicyclic amines) is 2. The van der Waals surface area contributed by atoms with Crippen molar-refractivity contribution in [3.05, 3.63) is 0 Å². The van der Waals surface area contributed by atoms with Crippen molar-refractivity contribution in [1.82, 2.24) is 9.80 Å². The van der Waals surface area contributed by atoms with E-state index in [4.69, 9.17) is 0 Å². The quantitative estimate of drug-likeness (QED) is 0.713. The minimum absolute atomic E-state index is 0.742. The fourth-order valence-corrected chi connectivity index (χ4v) is 3.97. The zero-order chi connectivity index (χ0) is 16.5. The molecule has 0 unspecified atom stereocenters. The van der Waals surface area contributed by atoms with Crippen molar-refractivity contribution < 1.29 is 0 Å². The fourth-order valence-electron chi connectivity index (χ4n) is 3.97. The van der Waals surface area contributed by atoms with Crippen LogP contribution < -0.4 is 0 Å². The van der Waals surface area contributed by atoms with Gasteiger partial charge in [-0.15, -0.1) is 0 Å².